The summed E-state index contributed by atoms with van der Waals surface area (Å²) in [6.45, 7) is 10.8. The molecule has 2 heterocycles. The summed E-state index contributed by atoms with van der Waals surface area (Å²) in [7, 11) is 0. The number of nitrogens with zero attached hydrogens (tertiary/aromatic N) is 3. The summed E-state index contributed by atoms with van der Waals surface area (Å²) in [5, 5.41) is 15.0. The summed E-state index contributed by atoms with van der Waals surface area (Å²) in [5.41, 5.74) is 3.61. The molecule has 3 unspecified atom stereocenters. The number of ether oxygens (including phenoxy) is 1. The van der Waals surface area contributed by atoms with Gasteiger partial charge < -0.3 is 26.8 Å². The Morgan fingerprint density at radius 2 is 1.95 bits per heavy atom. The van der Waals surface area contributed by atoms with E-state index in [1.807, 2.05) is 6.33 Å². The summed E-state index contributed by atoms with van der Waals surface area (Å²) >= 11 is 0. The Balaban J connectivity index is 0.00000302. The van der Waals surface area contributed by atoms with Crippen molar-refractivity contribution in [3.05, 3.63) is 60.2 Å². The number of aromatic nitrogens is 3. The lowest BCUT2D eigenvalue weighted by molar-refractivity contribution is -0.689. The van der Waals surface area contributed by atoms with Crippen molar-refractivity contribution in [3.8, 4) is 0 Å². The predicted octanol–water partition coefficient (Wildman–Crippen LogP) is 3.52. The third-order valence-corrected chi connectivity index (χ3v) is 12.8. The van der Waals surface area contributed by atoms with Gasteiger partial charge in [0.1, 0.15) is 6.04 Å². The summed E-state index contributed by atoms with van der Waals surface area (Å²) in [5.74, 6) is 3.70. The van der Waals surface area contributed by atoms with E-state index in [9.17, 15) is 5.11 Å². The van der Waals surface area contributed by atoms with E-state index < -0.39 is 0 Å². The molecule has 0 bridgehead atoms. The third-order valence-electron chi connectivity index (χ3n) is 12.8. The molecule has 1 aromatic heterocycles. The number of hydrogen-bond acceptors (Lipinski definition) is 3. The molecule has 3 saturated carbocycles. The van der Waals surface area contributed by atoms with E-state index in [0.29, 0.717) is 40.9 Å². The highest BCUT2D eigenvalue weighted by atomic mass is 79.9. The van der Waals surface area contributed by atoms with Crippen molar-refractivity contribution in [2.75, 3.05) is 0 Å². The first kappa shape index (κ1) is 29.6. The van der Waals surface area contributed by atoms with Gasteiger partial charge in [-0.25, -0.2) is 4.57 Å². The van der Waals surface area contributed by atoms with Gasteiger partial charge in [-0.3, -0.25) is 0 Å². The van der Waals surface area contributed by atoms with Crippen molar-refractivity contribution < 1.29 is 31.4 Å². The molecule has 1 N–H and O–H groups in total. The van der Waals surface area contributed by atoms with Crippen LogP contribution in [0.4, 0.5) is 0 Å². The minimum absolute atomic E-state index is 0. The first-order chi connectivity index (χ1) is 19.3. The topological polar surface area (TPSA) is 51.2 Å². The van der Waals surface area contributed by atoms with Crippen molar-refractivity contribution >= 4 is 0 Å². The quantitative estimate of drug-likeness (QED) is 0.396. The van der Waals surface area contributed by atoms with Gasteiger partial charge in [0.25, 0.3) is 6.33 Å². The molecule has 1 saturated heterocycles. The maximum Gasteiger partial charge on any atom is 0.265 e. The second-order valence-corrected chi connectivity index (χ2v) is 14.8. The van der Waals surface area contributed by atoms with E-state index >= 15 is 0 Å². The lowest BCUT2D eigenvalue weighted by Gasteiger charge is -2.58. The molecule has 2 aromatic rings. The maximum absolute atomic E-state index is 10.3. The molecule has 4 aliphatic carbocycles. The smallest absolute Gasteiger partial charge is 0.265 e. The number of hydrogen-bond donors (Lipinski definition) is 1. The van der Waals surface area contributed by atoms with Crippen LogP contribution >= 0.6 is 0 Å². The van der Waals surface area contributed by atoms with E-state index in [1.165, 1.54) is 37.7 Å². The van der Waals surface area contributed by atoms with Crippen LogP contribution in [0.1, 0.15) is 97.1 Å². The van der Waals surface area contributed by atoms with Crippen LogP contribution in [-0.2, 0) is 11.3 Å². The summed E-state index contributed by atoms with van der Waals surface area (Å²) in [6.07, 6.45) is 17.9. The minimum atomic E-state index is -0.118. The average molecular weight is 625 g/mol. The predicted molar refractivity (Wildman–Crippen MR) is 156 cm³/mol. The fourth-order valence-electron chi connectivity index (χ4n) is 10.6. The van der Waals surface area contributed by atoms with E-state index in [4.69, 9.17) is 9.84 Å². The van der Waals surface area contributed by atoms with Crippen molar-refractivity contribution in [2.45, 2.75) is 116 Å². The molecule has 4 fully saturated rings. The summed E-state index contributed by atoms with van der Waals surface area (Å²) in [6, 6.07) is 11.0. The van der Waals surface area contributed by atoms with Crippen molar-refractivity contribution in [1.29, 1.82) is 0 Å². The highest BCUT2D eigenvalue weighted by Crippen LogP contribution is 2.69. The van der Waals surface area contributed by atoms with Crippen LogP contribution in [0.5, 0.6) is 0 Å². The molecule has 5 nitrogen and oxygen atoms in total. The standard InChI is InChI=1S/C35H50N3O2.BrH/c1-23(38-22-37(21-36-38)20-25-8-6-5-7-9-25)10-13-31-24(2)33-32(40-31)19-30-28-12-11-26-18-27(39)14-16-34(26,3)29(28)15-17-35(30,33)4;/h5-9,11,21-24,27-33,39H,10,12-20H2,1-4H3;1H/q+1;/p-1/t23-,24-,27?,28-,29+,30+,31-,32?,33?,34+,35+;/m1./s1. The summed E-state index contributed by atoms with van der Waals surface area (Å²) in [4.78, 5) is 0. The molecule has 0 amide bonds. The molecule has 1 aliphatic heterocycles. The molecule has 7 rings (SSSR count). The van der Waals surface area contributed by atoms with Crippen LogP contribution in [0, 0.1) is 40.4 Å². The molecule has 11 atom stereocenters. The minimum Gasteiger partial charge on any atom is -1.00 e. The van der Waals surface area contributed by atoms with Gasteiger partial charge in [0.05, 0.1) is 24.9 Å². The van der Waals surface area contributed by atoms with Crippen LogP contribution in [0.2, 0.25) is 0 Å². The maximum atomic E-state index is 10.3. The number of aliphatic hydroxyl groups is 1. The monoisotopic (exact) mass is 623 g/mol. The molecule has 1 aromatic carbocycles. The lowest BCUT2D eigenvalue weighted by Crippen LogP contribution is -3.00. The van der Waals surface area contributed by atoms with E-state index in [0.717, 1.165) is 50.0 Å². The zero-order valence-corrected chi connectivity index (χ0v) is 27.0. The van der Waals surface area contributed by atoms with Gasteiger partial charge in [0.15, 0.2) is 0 Å². The molecule has 41 heavy (non-hydrogen) atoms. The Morgan fingerprint density at radius 3 is 2.76 bits per heavy atom. The summed E-state index contributed by atoms with van der Waals surface area (Å²) < 4.78 is 11.3. The van der Waals surface area contributed by atoms with Gasteiger partial charge in [-0.05, 0) is 111 Å². The number of benzene rings is 1. The molecule has 224 valence electrons. The highest BCUT2D eigenvalue weighted by molar-refractivity contribution is 5.26. The Bertz CT molecular complexity index is 1250. The Labute approximate surface area is 257 Å². The van der Waals surface area contributed by atoms with Gasteiger partial charge >= 0.3 is 0 Å². The van der Waals surface area contributed by atoms with Gasteiger partial charge in [0.2, 0.25) is 6.33 Å². The van der Waals surface area contributed by atoms with Crippen LogP contribution < -0.4 is 21.5 Å². The Kier molecular flexibility index (Phi) is 8.08. The van der Waals surface area contributed by atoms with Crippen molar-refractivity contribution in [3.63, 3.8) is 0 Å². The number of fused-ring (bicyclic) bond motifs is 7. The fraction of sp³-hybridized carbons (Fsp3) is 0.714. The number of allylic oxidation sites excluding steroid dienone is 1. The van der Waals surface area contributed by atoms with E-state index in [2.05, 4.69) is 79.7 Å². The van der Waals surface area contributed by atoms with E-state index in [1.54, 1.807) is 5.57 Å². The second-order valence-electron chi connectivity index (χ2n) is 14.8. The normalized spacial score (nSPS) is 41.8. The fourth-order valence-corrected chi connectivity index (χ4v) is 10.6. The molecule has 0 radical (unpaired) electrons. The first-order valence-corrected chi connectivity index (χ1v) is 16.3. The molecule has 0 spiro atoms. The van der Waals surface area contributed by atoms with Crippen LogP contribution in [0.25, 0.3) is 0 Å². The van der Waals surface area contributed by atoms with E-state index in [-0.39, 0.29) is 23.1 Å². The SMILES string of the molecule is C[C@H](CC[C@H]1OC2C[C@H]3[C@@H]4CC=C5CC(O)CC[C@]5(C)[C@H]4CC[C@]3(C)C2[C@@H]1C)n1c[n+](Cc2ccccc2)cn1.[Br-]. The van der Waals surface area contributed by atoms with Gasteiger partial charge in [0, 0.05) is 5.10 Å². The van der Waals surface area contributed by atoms with Crippen LogP contribution in [0.15, 0.2) is 54.6 Å². The Hall–Kier alpha value is -1.50. The number of aliphatic hydroxyl groups excluding tert-OH is 1. The number of halogens is 1. The second kappa shape index (κ2) is 11.2. The third kappa shape index (κ3) is 4.98. The van der Waals surface area contributed by atoms with Crippen molar-refractivity contribution in [2.24, 2.45) is 40.4 Å². The van der Waals surface area contributed by atoms with Crippen LogP contribution in [-0.4, -0.2) is 33.2 Å². The first-order valence-electron chi connectivity index (χ1n) is 16.3. The molecular weight excluding hydrogens is 574 g/mol. The van der Waals surface area contributed by atoms with Crippen molar-refractivity contribution in [1.82, 2.24) is 9.78 Å². The zero-order valence-electron chi connectivity index (χ0n) is 25.5. The van der Waals surface area contributed by atoms with Gasteiger partial charge in [-0.1, -0.05) is 62.8 Å². The zero-order chi connectivity index (χ0) is 27.6. The lowest BCUT2D eigenvalue weighted by atomic mass is 9.47. The highest BCUT2D eigenvalue weighted by Gasteiger charge is 2.64. The molecular formula is C35H50BrN3O2. The van der Waals surface area contributed by atoms with Crippen LogP contribution in [0.3, 0.4) is 0 Å². The number of rotatable bonds is 6. The Morgan fingerprint density at radius 1 is 1.15 bits per heavy atom. The largest absolute Gasteiger partial charge is 1.00 e. The average Bonchev–Trinajstić information content (AvgIpc) is 3.62. The van der Waals surface area contributed by atoms with Gasteiger partial charge in [-0.15, -0.1) is 4.68 Å². The molecule has 6 heteroatoms. The molecule has 5 aliphatic rings. The van der Waals surface area contributed by atoms with Gasteiger partial charge in [-0.2, -0.15) is 0 Å².